The van der Waals surface area contributed by atoms with Gasteiger partial charge in [-0.2, -0.15) is 0 Å². The summed E-state index contributed by atoms with van der Waals surface area (Å²) in [6, 6.07) is 16.3. The lowest BCUT2D eigenvalue weighted by atomic mass is 10.0. The summed E-state index contributed by atoms with van der Waals surface area (Å²) in [4.78, 5) is 29.7. The number of nitrogens with zero attached hydrogens (tertiary/aromatic N) is 1. The van der Waals surface area contributed by atoms with Crippen molar-refractivity contribution in [1.29, 1.82) is 0 Å². The molecule has 4 rings (SSSR count). The number of aromatic nitrogens is 1. The predicted octanol–water partition coefficient (Wildman–Crippen LogP) is 3.94. The molecule has 1 fully saturated rings. The van der Waals surface area contributed by atoms with Crippen LogP contribution in [0, 0.1) is 0 Å². The van der Waals surface area contributed by atoms with Crippen molar-refractivity contribution in [2.45, 2.75) is 25.8 Å². The predicted molar refractivity (Wildman–Crippen MR) is 111 cm³/mol. The molecule has 1 saturated heterocycles. The standard InChI is InChI=1S/C23H25N3O2/c1-16(18-9-8-17-6-2-3-7-19(17)12-18)24-15-22(27)20-13-21(25-14-20)23(28)26-10-4-5-11-26/h2-3,6-9,12-14,16,24-25H,4-5,10-11,15H2,1H3/t16-/m1/s1. The molecule has 0 saturated carbocycles. The van der Waals surface area contributed by atoms with Gasteiger partial charge in [-0.15, -0.1) is 0 Å². The molecule has 0 unspecified atom stereocenters. The number of hydrogen-bond donors (Lipinski definition) is 2. The van der Waals surface area contributed by atoms with Gasteiger partial charge in [0.1, 0.15) is 5.69 Å². The highest BCUT2D eigenvalue weighted by molar-refractivity contribution is 6.01. The molecule has 1 atom stereocenters. The number of Topliss-reactive ketones (excluding diaryl/α,β-unsaturated/α-hetero) is 1. The highest BCUT2D eigenvalue weighted by atomic mass is 16.2. The number of H-pyrrole nitrogens is 1. The Morgan fingerprint density at radius 1 is 1.07 bits per heavy atom. The van der Waals surface area contributed by atoms with Crippen LogP contribution >= 0.6 is 0 Å². The van der Waals surface area contributed by atoms with E-state index in [-0.39, 0.29) is 24.3 Å². The third-order valence-electron chi connectivity index (χ3n) is 5.47. The maximum absolute atomic E-state index is 12.5. The number of carbonyl (C=O) groups excluding carboxylic acids is 2. The van der Waals surface area contributed by atoms with Crippen LogP contribution in [0.2, 0.25) is 0 Å². The fraction of sp³-hybridized carbons (Fsp3) is 0.304. The Hall–Kier alpha value is -2.92. The van der Waals surface area contributed by atoms with Gasteiger partial charge in [0.2, 0.25) is 0 Å². The second-order valence-electron chi connectivity index (χ2n) is 7.43. The van der Waals surface area contributed by atoms with Crippen LogP contribution in [0.1, 0.15) is 52.2 Å². The van der Waals surface area contributed by atoms with Crippen molar-refractivity contribution in [3.8, 4) is 0 Å². The van der Waals surface area contributed by atoms with E-state index < -0.39 is 0 Å². The van der Waals surface area contributed by atoms with E-state index in [9.17, 15) is 9.59 Å². The molecular formula is C23H25N3O2. The third kappa shape index (κ3) is 3.85. The van der Waals surface area contributed by atoms with Crippen LogP contribution in [0.4, 0.5) is 0 Å². The summed E-state index contributed by atoms with van der Waals surface area (Å²) in [5, 5.41) is 5.69. The summed E-state index contributed by atoms with van der Waals surface area (Å²) in [6.07, 6.45) is 3.73. The number of hydrogen-bond acceptors (Lipinski definition) is 3. The van der Waals surface area contributed by atoms with Gasteiger partial charge in [0.05, 0.1) is 6.54 Å². The Labute approximate surface area is 164 Å². The zero-order chi connectivity index (χ0) is 19.5. The number of ketones is 1. The SMILES string of the molecule is C[C@@H](NCC(=O)c1c[nH]c(C(=O)N2CCCC2)c1)c1ccc2ccccc2c1. The number of likely N-dealkylation sites (tertiary alicyclic amines) is 1. The van der Waals surface area contributed by atoms with Gasteiger partial charge in [-0.1, -0.05) is 36.4 Å². The Morgan fingerprint density at radius 3 is 2.61 bits per heavy atom. The van der Waals surface area contributed by atoms with Gasteiger partial charge in [0, 0.05) is 30.9 Å². The number of aromatic amines is 1. The molecule has 2 N–H and O–H groups in total. The van der Waals surface area contributed by atoms with E-state index in [0.717, 1.165) is 31.5 Å². The van der Waals surface area contributed by atoms with Gasteiger partial charge in [0.25, 0.3) is 5.91 Å². The topological polar surface area (TPSA) is 65.2 Å². The number of nitrogens with one attached hydrogen (secondary N) is 2. The quantitative estimate of drug-likeness (QED) is 0.642. The number of carbonyl (C=O) groups is 2. The minimum absolute atomic E-state index is 0.0194. The first kappa shape index (κ1) is 18.4. The fourth-order valence-electron chi connectivity index (χ4n) is 3.71. The average Bonchev–Trinajstić information content (AvgIpc) is 3.43. The lowest BCUT2D eigenvalue weighted by molar-refractivity contribution is 0.0787. The van der Waals surface area contributed by atoms with Gasteiger partial charge >= 0.3 is 0 Å². The first-order valence-corrected chi connectivity index (χ1v) is 9.85. The summed E-state index contributed by atoms with van der Waals surface area (Å²) in [6.45, 7) is 3.87. The highest BCUT2D eigenvalue weighted by Crippen LogP contribution is 2.20. The summed E-state index contributed by atoms with van der Waals surface area (Å²) in [5.41, 5.74) is 2.18. The van der Waals surface area contributed by atoms with Crippen LogP contribution in [0.15, 0.2) is 54.7 Å². The van der Waals surface area contributed by atoms with Gasteiger partial charge in [0.15, 0.2) is 5.78 Å². The molecule has 28 heavy (non-hydrogen) atoms. The average molecular weight is 375 g/mol. The van der Waals surface area contributed by atoms with Crippen LogP contribution in [-0.2, 0) is 0 Å². The minimum Gasteiger partial charge on any atom is -0.356 e. The molecule has 144 valence electrons. The van der Waals surface area contributed by atoms with Crippen molar-refractivity contribution < 1.29 is 9.59 Å². The monoisotopic (exact) mass is 375 g/mol. The molecule has 0 spiro atoms. The van der Waals surface area contributed by atoms with E-state index in [4.69, 9.17) is 0 Å². The molecule has 2 heterocycles. The van der Waals surface area contributed by atoms with E-state index in [2.05, 4.69) is 47.6 Å². The van der Waals surface area contributed by atoms with Crippen molar-refractivity contribution >= 4 is 22.5 Å². The molecule has 1 amide bonds. The number of rotatable bonds is 6. The number of fused-ring (bicyclic) bond motifs is 1. The smallest absolute Gasteiger partial charge is 0.270 e. The van der Waals surface area contributed by atoms with Crippen molar-refractivity contribution in [3.63, 3.8) is 0 Å². The molecular weight excluding hydrogens is 350 g/mol. The molecule has 1 aliphatic heterocycles. The van der Waals surface area contributed by atoms with Crippen molar-refractivity contribution in [2.24, 2.45) is 0 Å². The largest absolute Gasteiger partial charge is 0.356 e. The van der Waals surface area contributed by atoms with E-state index in [1.165, 1.54) is 10.8 Å². The summed E-state index contributed by atoms with van der Waals surface area (Å²) in [7, 11) is 0. The van der Waals surface area contributed by atoms with Crippen molar-refractivity contribution in [3.05, 3.63) is 71.5 Å². The maximum atomic E-state index is 12.5. The van der Waals surface area contributed by atoms with E-state index >= 15 is 0 Å². The van der Waals surface area contributed by atoms with Crippen molar-refractivity contribution in [1.82, 2.24) is 15.2 Å². The summed E-state index contributed by atoms with van der Waals surface area (Å²) < 4.78 is 0. The minimum atomic E-state index is -0.0237. The number of benzene rings is 2. The third-order valence-corrected chi connectivity index (χ3v) is 5.47. The number of amides is 1. The van der Waals surface area contributed by atoms with Gasteiger partial charge in [-0.05, 0) is 48.2 Å². The fourth-order valence-corrected chi connectivity index (χ4v) is 3.71. The summed E-state index contributed by atoms with van der Waals surface area (Å²) in [5.74, 6) is -0.0431. The lowest BCUT2D eigenvalue weighted by Gasteiger charge is -2.14. The molecule has 0 radical (unpaired) electrons. The molecule has 0 bridgehead atoms. The zero-order valence-electron chi connectivity index (χ0n) is 16.1. The first-order chi connectivity index (χ1) is 13.6. The van der Waals surface area contributed by atoms with E-state index in [0.29, 0.717) is 11.3 Å². The Morgan fingerprint density at radius 2 is 1.82 bits per heavy atom. The Bertz CT molecular complexity index is 1000. The molecule has 3 aromatic rings. The Kier molecular flexibility index (Phi) is 5.26. The van der Waals surface area contributed by atoms with E-state index in [1.54, 1.807) is 12.3 Å². The van der Waals surface area contributed by atoms with Crippen LogP contribution < -0.4 is 5.32 Å². The lowest BCUT2D eigenvalue weighted by Crippen LogP contribution is -2.28. The van der Waals surface area contributed by atoms with Crippen LogP contribution in [-0.4, -0.2) is 41.2 Å². The van der Waals surface area contributed by atoms with Crippen molar-refractivity contribution in [2.75, 3.05) is 19.6 Å². The van der Waals surface area contributed by atoms with Crippen LogP contribution in [0.3, 0.4) is 0 Å². The van der Waals surface area contributed by atoms with E-state index in [1.807, 2.05) is 17.0 Å². The first-order valence-electron chi connectivity index (χ1n) is 9.85. The van der Waals surface area contributed by atoms with Gasteiger partial charge in [-0.25, -0.2) is 0 Å². The second kappa shape index (κ2) is 7.98. The normalized spacial score (nSPS) is 15.1. The summed E-state index contributed by atoms with van der Waals surface area (Å²) >= 11 is 0. The zero-order valence-corrected chi connectivity index (χ0v) is 16.1. The molecule has 1 aromatic heterocycles. The van der Waals surface area contributed by atoms with Crippen LogP contribution in [0.25, 0.3) is 10.8 Å². The molecule has 1 aliphatic rings. The molecule has 0 aliphatic carbocycles. The van der Waals surface area contributed by atoms with Gasteiger partial charge in [-0.3, -0.25) is 9.59 Å². The Balaban J connectivity index is 1.37. The second-order valence-corrected chi connectivity index (χ2v) is 7.43. The van der Waals surface area contributed by atoms with Crippen LogP contribution in [0.5, 0.6) is 0 Å². The molecule has 2 aromatic carbocycles. The highest BCUT2D eigenvalue weighted by Gasteiger charge is 2.21. The molecule has 5 heteroatoms. The van der Waals surface area contributed by atoms with Gasteiger partial charge < -0.3 is 15.2 Å². The molecule has 5 nitrogen and oxygen atoms in total. The maximum Gasteiger partial charge on any atom is 0.270 e.